The number of amides is 1. The minimum Gasteiger partial charge on any atom is -0.436 e. The molecule has 0 spiro atoms. The van der Waals surface area contributed by atoms with Crippen molar-refractivity contribution in [3.63, 3.8) is 0 Å². The Morgan fingerprint density at radius 2 is 1.71 bits per heavy atom. The number of carbonyl (C=O) groups is 1. The fourth-order valence-electron chi connectivity index (χ4n) is 3.74. The van der Waals surface area contributed by atoms with Crippen molar-refractivity contribution in [3.05, 3.63) is 96.1 Å². The third-order valence-corrected chi connectivity index (χ3v) is 5.49. The van der Waals surface area contributed by atoms with Crippen molar-refractivity contribution in [2.75, 3.05) is 5.32 Å². The summed E-state index contributed by atoms with van der Waals surface area (Å²) in [6.07, 6.45) is 0. The molecular weight excluding hydrogens is 384 g/mol. The Balaban J connectivity index is 1.43. The molecule has 0 fully saturated rings. The number of carbonyl (C=O) groups excluding carboxylic acids is 1. The molecule has 1 N–H and O–H groups in total. The van der Waals surface area contributed by atoms with Crippen LogP contribution in [0.3, 0.4) is 0 Å². The van der Waals surface area contributed by atoms with Crippen LogP contribution in [0.2, 0.25) is 0 Å². The molecular formula is C27H22N2O2. The zero-order valence-corrected chi connectivity index (χ0v) is 17.4. The number of benzene rings is 4. The molecule has 4 heteroatoms. The Hall–Kier alpha value is -3.92. The van der Waals surface area contributed by atoms with Gasteiger partial charge in [-0.15, -0.1) is 0 Å². The van der Waals surface area contributed by atoms with E-state index in [-0.39, 0.29) is 5.91 Å². The number of nitrogens with zero attached hydrogens (tertiary/aromatic N) is 1. The van der Waals surface area contributed by atoms with Crippen LogP contribution in [0, 0.1) is 0 Å². The summed E-state index contributed by atoms with van der Waals surface area (Å²) in [6.45, 7) is 4.27. The summed E-state index contributed by atoms with van der Waals surface area (Å²) < 4.78 is 6.02. The zero-order valence-electron chi connectivity index (χ0n) is 17.4. The summed E-state index contributed by atoms with van der Waals surface area (Å²) in [5.41, 5.74) is 4.93. The molecule has 0 saturated carbocycles. The molecule has 5 rings (SSSR count). The lowest BCUT2D eigenvalue weighted by atomic mass is 10.0. The van der Waals surface area contributed by atoms with Gasteiger partial charge in [-0.05, 0) is 53.3 Å². The van der Waals surface area contributed by atoms with Crippen molar-refractivity contribution in [2.45, 2.75) is 19.8 Å². The van der Waals surface area contributed by atoms with Gasteiger partial charge in [0.05, 0.1) is 0 Å². The SMILES string of the molecule is CC(C)c1ccc(C(=O)Nc2cccc(-c3nc4c(ccc5ccccc54)o3)c2)cc1. The van der Waals surface area contributed by atoms with Gasteiger partial charge >= 0.3 is 0 Å². The maximum atomic E-state index is 12.7. The summed E-state index contributed by atoms with van der Waals surface area (Å²) in [5, 5.41) is 5.16. The minimum absolute atomic E-state index is 0.143. The molecule has 0 atom stereocenters. The van der Waals surface area contributed by atoms with Gasteiger partial charge in [0.15, 0.2) is 5.58 Å². The van der Waals surface area contributed by atoms with Crippen molar-refractivity contribution >= 4 is 33.5 Å². The van der Waals surface area contributed by atoms with Gasteiger partial charge in [-0.2, -0.15) is 0 Å². The van der Waals surface area contributed by atoms with E-state index in [1.165, 1.54) is 5.56 Å². The topological polar surface area (TPSA) is 55.1 Å². The van der Waals surface area contributed by atoms with Crippen molar-refractivity contribution < 1.29 is 9.21 Å². The van der Waals surface area contributed by atoms with Gasteiger partial charge in [0.25, 0.3) is 5.91 Å². The lowest BCUT2D eigenvalue weighted by molar-refractivity contribution is 0.102. The van der Waals surface area contributed by atoms with Crippen LogP contribution in [0.4, 0.5) is 5.69 Å². The van der Waals surface area contributed by atoms with Gasteiger partial charge in [0.1, 0.15) is 5.52 Å². The van der Waals surface area contributed by atoms with Crippen LogP contribution in [-0.4, -0.2) is 10.9 Å². The van der Waals surface area contributed by atoms with Crippen LogP contribution in [-0.2, 0) is 0 Å². The first kappa shape index (κ1) is 19.1. The van der Waals surface area contributed by atoms with Crippen LogP contribution >= 0.6 is 0 Å². The maximum absolute atomic E-state index is 12.7. The van der Waals surface area contributed by atoms with E-state index in [0.29, 0.717) is 23.1 Å². The number of oxazole rings is 1. The summed E-state index contributed by atoms with van der Waals surface area (Å²) >= 11 is 0. The van der Waals surface area contributed by atoms with Gasteiger partial charge in [-0.1, -0.05) is 62.4 Å². The summed E-state index contributed by atoms with van der Waals surface area (Å²) in [6, 6.07) is 27.4. The zero-order chi connectivity index (χ0) is 21.4. The fraction of sp³-hybridized carbons (Fsp3) is 0.111. The second-order valence-electron chi connectivity index (χ2n) is 7.96. The molecule has 1 aromatic heterocycles. The molecule has 0 saturated heterocycles. The van der Waals surface area contributed by atoms with Crippen molar-refractivity contribution in [1.82, 2.24) is 4.98 Å². The highest BCUT2D eigenvalue weighted by molar-refractivity contribution is 6.05. The monoisotopic (exact) mass is 406 g/mol. The van der Waals surface area contributed by atoms with Crippen LogP contribution in [0.1, 0.15) is 35.7 Å². The van der Waals surface area contributed by atoms with Crippen LogP contribution in [0.5, 0.6) is 0 Å². The Morgan fingerprint density at radius 3 is 2.52 bits per heavy atom. The van der Waals surface area contributed by atoms with E-state index in [0.717, 1.165) is 27.4 Å². The van der Waals surface area contributed by atoms with E-state index in [1.54, 1.807) is 0 Å². The molecule has 0 aliphatic heterocycles. The highest BCUT2D eigenvalue weighted by Gasteiger charge is 2.13. The van der Waals surface area contributed by atoms with Gasteiger partial charge in [0, 0.05) is 22.2 Å². The van der Waals surface area contributed by atoms with E-state index in [1.807, 2.05) is 78.9 Å². The average Bonchev–Trinajstić information content (AvgIpc) is 3.24. The molecule has 0 bridgehead atoms. The van der Waals surface area contributed by atoms with Crippen LogP contribution in [0.15, 0.2) is 89.3 Å². The molecule has 4 nitrogen and oxygen atoms in total. The highest BCUT2D eigenvalue weighted by Crippen LogP contribution is 2.30. The quantitative estimate of drug-likeness (QED) is 0.349. The van der Waals surface area contributed by atoms with Gasteiger partial charge in [0.2, 0.25) is 5.89 Å². The smallest absolute Gasteiger partial charge is 0.255 e. The molecule has 5 aromatic rings. The number of hydrogen-bond donors (Lipinski definition) is 1. The van der Waals surface area contributed by atoms with Gasteiger partial charge in [-0.3, -0.25) is 4.79 Å². The number of rotatable bonds is 4. The second-order valence-corrected chi connectivity index (χ2v) is 7.96. The molecule has 0 unspecified atom stereocenters. The highest BCUT2D eigenvalue weighted by atomic mass is 16.3. The molecule has 1 heterocycles. The Kier molecular flexibility index (Phi) is 4.75. The van der Waals surface area contributed by atoms with Crippen LogP contribution < -0.4 is 5.32 Å². The first-order chi connectivity index (χ1) is 15.1. The van der Waals surface area contributed by atoms with E-state index < -0.39 is 0 Å². The molecule has 0 aliphatic rings. The normalized spacial score (nSPS) is 11.3. The number of aromatic nitrogens is 1. The number of fused-ring (bicyclic) bond motifs is 3. The lowest BCUT2D eigenvalue weighted by Gasteiger charge is -2.08. The first-order valence-electron chi connectivity index (χ1n) is 10.4. The predicted molar refractivity (Wildman–Crippen MR) is 125 cm³/mol. The van der Waals surface area contributed by atoms with Gasteiger partial charge < -0.3 is 9.73 Å². The van der Waals surface area contributed by atoms with E-state index in [2.05, 4.69) is 25.2 Å². The fourth-order valence-corrected chi connectivity index (χ4v) is 3.74. The van der Waals surface area contributed by atoms with Crippen molar-refractivity contribution in [2.24, 2.45) is 0 Å². The minimum atomic E-state index is -0.143. The van der Waals surface area contributed by atoms with E-state index in [4.69, 9.17) is 9.40 Å². The molecule has 152 valence electrons. The average molecular weight is 406 g/mol. The van der Waals surface area contributed by atoms with E-state index >= 15 is 0 Å². The molecule has 0 radical (unpaired) electrons. The predicted octanol–water partition coefficient (Wildman–Crippen LogP) is 7.02. The summed E-state index contributed by atoms with van der Waals surface area (Å²) in [4.78, 5) is 17.4. The largest absolute Gasteiger partial charge is 0.436 e. The maximum Gasteiger partial charge on any atom is 0.255 e. The Bertz CT molecular complexity index is 1400. The third kappa shape index (κ3) is 3.68. The van der Waals surface area contributed by atoms with Crippen LogP contribution in [0.25, 0.3) is 33.3 Å². The Morgan fingerprint density at radius 1 is 0.903 bits per heavy atom. The molecule has 4 aromatic carbocycles. The summed E-state index contributed by atoms with van der Waals surface area (Å²) in [5.74, 6) is 0.821. The lowest BCUT2D eigenvalue weighted by Crippen LogP contribution is -2.11. The van der Waals surface area contributed by atoms with Crippen molar-refractivity contribution in [1.29, 1.82) is 0 Å². The molecule has 1 amide bonds. The van der Waals surface area contributed by atoms with Gasteiger partial charge in [-0.25, -0.2) is 4.98 Å². The van der Waals surface area contributed by atoms with Crippen molar-refractivity contribution in [3.8, 4) is 11.5 Å². The number of anilines is 1. The standard InChI is InChI=1S/C27H22N2O2/c1-17(2)18-10-12-20(13-11-18)26(30)28-22-8-5-7-21(16-22)27-29-25-23-9-4-3-6-19(23)14-15-24(25)31-27/h3-17H,1-2H3,(H,28,30). The van der Waals surface area contributed by atoms with E-state index in [9.17, 15) is 4.79 Å². The molecule has 0 aliphatic carbocycles. The second kappa shape index (κ2) is 7.73. The summed E-state index contributed by atoms with van der Waals surface area (Å²) in [7, 11) is 0. The number of hydrogen-bond acceptors (Lipinski definition) is 3. The first-order valence-corrected chi connectivity index (χ1v) is 10.4. The number of nitrogens with one attached hydrogen (secondary N) is 1. The molecule has 31 heavy (non-hydrogen) atoms. The third-order valence-electron chi connectivity index (χ3n) is 5.49. The Labute approximate surface area is 180 Å².